The summed E-state index contributed by atoms with van der Waals surface area (Å²) < 4.78 is 38.9. The Balaban J connectivity index is 0.00000280. The first-order chi connectivity index (χ1) is 17.7. The van der Waals surface area contributed by atoms with Crippen LogP contribution in [0.1, 0.15) is 18.5 Å². The van der Waals surface area contributed by atoms with Gasteiger partial charge in [0.25, 0.3) is 5.56 Å². The van der Waals surface area contributed by atoms with Gasteiger partial charge in [-0.25, -0.2) is 4.39 Å². The molecule has 1 fully saturated rings. The molecule has 1 saturated heterocycles. The fourth-order valence-corrected chi connectivity index (χ4v) is 5.09. The van der Waals surface area contributed by atoms with E-state index in [0.717, 1.165) is 37.4 Å². The number of fused-ring (bicyclic) bond motifs is 4. The number of hydrogen-bond donors (Lipinski definition) is 1. The number of piperidine rings is 1. The average Bonchev–Trinajstić information content (AvgIpc) is 2.92. The molecule has 37 heavy (non-hydrogen) atoms. The van der Waals surface area contributed by atoms with E-state index in [-0.39, 0.29) is 18.0 Å². The van der Waals surface area contributed by atoms with E-state index in [1.165, 1.54) is 18.2 Å². The van der Waals surface area contributed by atoms with Gasteiger partial charge >= 0.3 is 0 Å². The molecule has 0 radical (unpaired) electrons. The Morgan fingerprint density at radius 3 is 2.49 bits per heavy atom. The molecule has 0 bridgehead atoms. The van der Waals surface area contributed by atoms with E-state index < -0.39 is 5.82 Å². The highest BCUT2D eigenvalue weighted by Crippen LogP contribution is 2.38. The smallest absolute Gasteiger partial charge is 0.251 e. The first-order valence-electron chi connectivity index (χ1n) is 12.5. The van der Waals surface area contributed by atoms with Crippen molar-refractivity contribution in [1.29, 1.82) is 0 Å². The van der Waals surface area contributed by atoms with Gasteiger partial charge in [0.05, 0.1) is 11.9 Å². The number of aromatic nitrogens is 2. The van der Waals surface area contributed by atoms with E-state index in [2.05, 4.69) is 15.2 Å². The van der Waals surface area contributed by atoms with Crippen LogP contribution in [-0.2, 0) is 13.1 Å². The molecule has 3 aromatic rings. The second kappa shape index (κ2) is 11.1. The minimum atomic E-state index is -0.414. The number of nitrogens with one attached hydrogen (secondary N) is 1. The second-order valence-corrected chi connectivity index (χ2v) is 9.28. The third kappa shape index (κ3) is 5.32. The van der Waals surface area contributed by atoms with Crippen LogP contribution in [0.4, 0.5) is 4.39 Å². The first kappa shape index (κ1) is 25.6. The Morgan fingerprint density at radius 1 is 0.946 bits per heavy atom. The summed E-state index contributed by atoms with van der Waals surface area (Å²) in [6, 6.07) is 6.61. The Hall–Kier alpha value is -3.08. The molecular formula is C26H30ClFN4O5. The summed E-state index contributed by atoms with van der Waals surface area (Å²) in [4.78, 5) is 19.6. The Labute approximate surface area is 219 Å². The Morgan fingerprint density at radius 2 is 1.68 bits per heavy atom. The third-order valence-electron chi connectivity index (χ3n) is 7.01. The van der Waals surface area contributed by atoms with Gasteiger partial charge in [-0.05, 0) is 32.0 Å². The van der Waals surface area contributed by atoms with Crippen molar-refractivity contribution in [2.45, 2.75) is 32.0 Å². The van der Waals surface area contributed by atoms with E-state index in [4.69, 9.17) is 18.9 Å². The zero-order chi connectivity index (χ0) is 24.5. The predicted molar refractivity (Wildman–Crippen MR) is 138 cm³/mol. The molecule has 2 aromatic heterocycles. The minimum absolute atomic E-state index is 0. The maximum absolute atomic E-state index is 14.7. The van der Waals surface area contributed by atoms with Crippen molar-refractivity contribution < 1.29 is 23.3 Å². The fraction of sp³-hybridized carbons (Fsp3) is 0.462. The lowest BCUT2D eigenvalue weighted by molar-refractivity contribution is 0.170. The van der Waals surface area contributed by atoms with Crippen molar-refractivity contribution in [2.75, 3.05) is 46.1 Å². The summed E-state index contributed by atoms with van der Waals surface area (Å²) >= 11 is 0. The molecular weight excluding hydrogens is 503 g/mol. The van der Waals surface area contributed by atoms with Gasteiger partial charge in [-0.2, -0.15) is 0 Å². The van der Waals surface area contributed by atoms with Crippen LogP contribution < -0.4 is 29.8 Å². The summed E-state index contributed by atoms with van der Waals surface area (Å²) in [5.74, 6) is 1.84. The van der Waals surface area contributed by atoms with Crippen molar-refractivity contribution in [1.82, 2.24) is 19.8 Å². The van der Waals surface area contributed by atoms with E-state index in [0.29, 0.717) is 80.3 Å². The second-order valence-electron chi connectivity index (χ2n) is 9.28. The van der Waals surface area contributed by atoms with Gasteiger partial charge in [0.2, 0.25) is 0 Å². The molecule has 0 spiro atoms. The maximum atomic E-state index is 14.7. The normalized spacial score (nSPS) is 17.4. The summed E-state index contributed by atoms with van der Waals surface area (Å²) in [5, 5.41) is 3.97. The zero-order valence-electron chi connectivity index (χ0n) is 20.4. The first-order valence-corrected chi connectivity index (χ1v) is 12.5. The van der Waals surface area contributed by atoms with Gasteiger partial charge in [-0.15, -0.1) is 12.4 Å². The molecule has 0 saturated carbocycles. The Bertz CT molecular complexity index is 1330. The molecule has 5 heterocycles. The van der Waals surface area contributed by atoms with Crippen LogP contribution >= 0.6 is 12.4 Å². The molecule has 0 unspecified atom stereocenters. The quantitative estimate of drug-likeness (QED) is 0.519. The molecule has 6 rings (SSSR count). The van der Waals surface area contributed by atoms with Crippen LogP contribution in [0.25, 0.3) is 10.9 Å². The van der Waals surface area contributed by atoms with Gasteiger partial charge in [0.1, 0.15) is 37.8 Å². The largest absolute Gasteiger partial charge is 0.486 e. The van der Waals surface area contributed by atoms with Crippen molar-refractivity contribution in [3.8, 4) is 23.0 Å². The summed E-state index contributed by atoms with van der Waals surface area (Å²) in [5.41, 5.74) is 1.23. The zero-order valence-corrected chi connectivity index (χ0v) is 21.2. The van der Waals surface area contributed by atoms with E-state index in [9.17, 15) is 9.18 Å². The standard InChI is InChI=1S/C26H29FN4O5.ClH/c27-20-14-22-26(36-12-11-34-22)25-19(20)1-2-24(32)31(25)8-7-30-5-3-17(4-6-30)28-15-18-13-21-23(16-29-18)35-10-9-33-21;/h1-2,13-14,16-17,28H,3-12,15H2;1H. The molecule has 3 aliphatic rings. The van der Waals surface area contributed by atoms with Gasteiger partial charge in [-0.1, -0.05) is 0 Å². The van der Waals surface area contributed by atoms with Gasteiger partial charge in [-0.3, -0.25) is 9.78 Å². The highest BCUT2D eigenvalue weighted by molar-refractivity contribution is 5.88. The number of nitrogens with zero attached hydrogens (tertiary/aromatic N) is 3. The predicted octanol–water partition coefficient (Wildman–Crippen LogP) is 2.75. The van der Waals surface area contributed by atoms with Crippen LogP contribution in [0.2, 0.25) is 0 Å². The van der Waals surface area contributed by atoms with Crippen LogP contribution in [-0.4, -0.2) is 66.6 Å². The molecule has 11 heteroatoms. The molecule has 0 amide bonds. The van der Waals surface area contributed by atoms with Gasteiger partial charge in [0.15, 0.2) is 23.0 Å². The van der Waals surface area contributed by atoms with Crippen molar-refractivity contribution in [3.05, 3.63) is 52.3 Å². The summed E-state index contributed by atoms with van der Waals surface area (Å²) in [6.07, 6.45) is 3.72. The van der Waals surface area contributed by atoms with E-state index >= 15 is 0 Å². The highest BCUT2D eigenvalue weighted by Gasteiger charge is 2.23. The monoisotopic (exact) mass is 532 g/mol. The number of likely N-dealkylation sites (tertiary alicyclic amines) is 1. The molecule has 1 aromatic carbocycles. The number of hydrogen-bond acceptors (Lipinski definition) is 8. The van der Waals surface area contributed by atoms with Crippen molar-refractivity contribution in [3.63, 3.8) is 0 Å². The summed E-state index contributed by atoms with van der Waals surface area (Å²) in [6.45, 7) is 5.51. The molecule has 0 atom stereocenters. The number of ether oxygens (including phenoxy) is 4. The lowest BCUT2D eigenvalue weighted by Gasteiger charge is -2.32. The van der Waals surface area contributed by atoms with E-state index in [1.54, 1.807) is 10.8 Å². The topological polar surface area (TPSA) is 87.1 Å². The van der Waals surface area contributed by atoms with Crippen LogP contribution in [0.5, 0.6) is 23.0 Å². The lowest BCUT2D eigenvalue weighted by atomic mass is 10.0. The number of halogens is 2. The summed E-state index contributed by atoms with van der Waals surface area (Å²) in [7, 11) is 0. The molecule has 198 valence electrons. The molecule has 9 nitrogen and oxygen atoms in total. The van der Waals surface area contributed by atoms with Crippen molar-refractivity contribution >= 4 is 23.3 Å². The van der Waals surface area contributed by atoms with Crippen LogP contribution in [0.3, 0.4) is 0 Å². The lowest BCUT2D eigenvalue weighted by Crippen LogP contribution is -2.43. The average molecular weight is 533 g/mol. The maximum Gasteiger partial charge on any atom is 0.251 e. The highest BCUT2D eigenvalue weighted by atomic mass is 35.5. The third-order valence-corrected chi connectivity index (χ3v) is 7.01. The van der Waals surface area contributed by atoms with Crippen LogP contribution in [0.15, 0.2) is 35.3 Å². The van der Waals surface area contributed by atoms with Gasteiger partial charge in [0, 0.05) is 49.3 Å². The number of rotatable bonds is 6. The minimum Gasteiger partial charge on any atom is -0.486 e. The molecule has 3 aliphatic heterocycles. The molecule has 1 N–H and O–H groups in total. The van der Waals surface area contributed by atoms with Crippen molar-refractivity contribution in [2.24, 2.45) is 0 Å². The van der Waals surface area contributed by atoms with Gasteiger partial charge < -0.3 is 33.7 Å². The number of benzene rings is 1. The SMILES string of the molecule is Cl.O=c1ccc2c(F)cc3c(c2n1CCN1CCC(NCc2cc4c(cn2)OCCO4)CC1)OCCO3. The van der Waals surface area contributed by atoms with E-state index in [1.807, 2.05) is 6.07 Å². The fourth-order valence-electron chi connectivity index (χ4n) is 5.09. The number of pyridine rings is 2. The molecule has 0 aliphatic carbocycles. The van der Waals surface area contributed by atoms with Crippen LogP contribution in [0, 0.1) is 5.82 Å². The Kier molecular flexibility index (Phi) is 7.68.